The Kier molecular flexibility index (Phi) is 10.4. The molecule has 1 saturated heterocycles. The normalized spacial score (nSPS) is 14.5. The second-order valence-corrected chi connectivity index (χ2v) is 10.8. The Balaban J connectivity index is 1.52. The van der Waals surface area contributed by atoms with Crippen LogP contribution in [-0.2, 0) is 27.7 Å². The van der Waals surface area contributed by atoms with E-state index in [4.69, 9.17) is 9.47 Å². The number of carbonyl (C=O) groups is 1. The third-order valence-corrected chi connectivity index (χ3v) is 8.10. The van der Waals surface area contributed by atoms with E-state index in [1.54, 1.807) is 29.6 Å². The number of hydrogen-bond acceptors (Lipinski definition) is 5. The van der Waals surface area contributed by atoms with Crippen molar-refractivity contribution in [3.05, 3.63) is 53.6 Å². The number of nitrogens with zero attached hydrogens (tertiary/aromatic N) is 1. The van der Waals surface area contributed by atoms with Crippen molar-refractivity contribution in [3.8, 4) is 11.5 Å². The minimum Gasteiger partial charge on any atom is -0.496 e. The molecule has 1 heterocycles. The van der Waals surface area contributed by atoms with Gasteiger partial charge in [-0.1, -0.05) is 31.5 Å². The largest absolute Gasteiger partial charge is 0.496 e. The quantitative estimate of drug-likeness (QED) is 0.412. The molecule has 0 radical (unpaired) electrons. The van der Waals surface area contributed by atoms with Crippen molar-refractivity contribution < 1.29 is 22.7 Å². The Morgan fingerprint density at radius 2 is 1.77 bits per heavy atom. The number of sulfonamides is 1. The molecular weight excluding hydrogens is 464 g/mol. The van der Waals surface area contributed by atoms with Gasteiger partial charge in [0.15, 0.2) is 0 Å². The summed E-state index contributed by atoms with van der Waals surface area (Å²) in [6.45, 7) is 4.46. The van der Waals surface area contributed by atoms with Gasteiger partial charge in [0, 0.05) is 26.1 Å². The summed E-state index contributed by atoms with van der Waals surface area (Å²) < 4.78 is 38.9. The molecule has 1 amide bonds. The molecule has 1 N–H and O–H groups in total. The third kappa shape index (κ3) is 7.70. The second-order valence-electron chi connectivity index (χ2n) is 8.85. The molecule has 2 aromatic carbocycles. The molecule has 0 spiro atoms. The smallest absolute Gasteiger partial charge is 0.243 e. The number of hydrogen-bond donors (Lipinski definition) is 1. The molecule has 1 aliphatic rings. The molecule has 8 heteroatoms. The van der Waals surface area contributed by atoms with Gasteiger partial charge in [0.25, 0.3) is 0 Å². The number of rotatable bonds is 13. The van der Waals surface area contributed by atoms with Gasteiger partial charge in [-0.3, -0.25) is 4.79 Å². The van der Waals surface area contributed by atoms with E-state index in [-0.39, 0.29) is 17.2 Å². The third-order valence-electron chi connectivity index (χ3n) is 6.21. The van der Waals surface area contributed by atoms with Crippen molar-refractivity contribution in [2.75, 3.05) is 33.4 Å². The van der Waals surface area contributed by atoms with E-state index in [0.717, 1.165) is 55.4 Å². The van der Waals surface area contributed by atoms with Crippen LogP contribution in [0.5, 0.6) is 11.5 Å². The predicted octanol–water partition coefficient (Wildman–Crippen LogP) is 4.34. The molecule has 1 fully saturated rings. The Hall–Kier alpha value is -2.58. The van der Waals surface area contributed by atoms with Gasteiger partial charge < -0.3 is 14.8 Å². The maximum Gasteiger partial charge on any atom is 0.243 e. The summed E-state index contributed by atoms with van der Waals surface area (Å²) >= 11 is 0. The standard InChI is InChI=1S/C27H38N2O5S/c1-3-20-34-26-12-6-5-10-22(26)11-9-17-28-27(30)16-13-23-21-24(14-15-25(23)33-2)35(31,32)29-18-7-4-8-19-29/h5-6,10,12,14-15,21H,3-4,7-9,11,13,16-20H2,1-2H3,(H,28,30). The summed E-state index contributed by atoms with van der Waals surface area (Å²) in [6.07, 6.45) is 6.11. The Morgan fingerprint density at radius 1 is 1.00 bits per heavy atom. The Labute approximate surface area is 209 Å². The summed E-state index contributed by atoms with van der Waals surface area (Å²) in [6, 6.07) is 12.9. The van der Waals surface area contributed by atoms with Crippen molar-refractivity contribution in [1.29, 1.82) is 0 Å². The Morgan fingerprint density at radius 3 is 2.51 bits per heavy atom. The van der Waals surface area contributed by atoms with Crippen molar-refractivity contribution in [2.24, 2.45) is 0 Å². The molecule has 2 aromatic rings. The van der Waals surface area contributed by atoms with Crippen LogP contribution in [0.3, 0.4) is 0 Å². The number of amides is 1. The number of aryl methyl sites for hydroxylation is 2. The topological polar surface area (TPSA) is 84.9 Å². The number of carbonyl (C=O) groups excluding carboxylic acids is 1. The van der Waals surface area contributed by atoms with Crippen molar-refractivity contribution >= 4 is 15.9 Å². The molecule has 0 unspecified atom stereocenters. The highest BCUT2D eigenvalue weighted by Gasteiger charge is 2.26. The van der Waals surface area contributed by atoms with E-state index in [0.29, 0.717) is 38.4 Å². The first-order chi connectivity index (χ1) is 17.0. The fraction of sp³-hybridized carbons (Fsp3) is 0.519. The van der Waals surface area contributed by atoms with Crippen LogP contribution in [-0.4, -0.2) is 52.0 Å². The van der Waals surface area contributed by atoms with Crippen molar-refractivity contribution in [1.82, 2.24) is 9.62 Å². The highest BCUT2D eigenvalue weighted by atomic mass is 32.2. The summed E-state index contributed by atoms with van der Waals surface area (Å²) in [7, 11) is -1.98. The Bertz CT molecular complexity index is 1060. The molecule has 35 heavy (non-hydrogen) atoms. The van der Waals surface area contributed by atoms with Crippen molar-refractivity contribution in [2.45, 2.75) is 63.2 Å². The lowest BCUT2D eigenvalue weighted by atomic mass is 10.1. The zero-order valence-corrected chi connectivity index (χ0v) is 21.7. The van der Waals surface area contributed by atoms with Gasteiger partial charge in [-0.25, -0.2) is 8.42 Å². The molecular formula is C27H38N2O5S. The highest BCUT2D eigenvalue weighted by Crippen LogP contribution is 2.27. The van der Waals surface area contributed by atoms with Gasteiger partial charge in [-0.2, -0.15) is 4.31 Å². The van der Waals surface area contributed by atoms with E-state index in [9.17, 15) is 13.2 Å². The van der Waals surface area contributed by atoms with Crippen LogP contribution in [0.2, 0.25) is 0 Å². The summed E-state index contributed by atoms with van der Waals surface area (Å²) in [5, 5.41) is 2.97. The fourth-order valence-corrected chi connectivity index (χ4v) is 5.84. The molecule has 1 aliphatic heterocycles. The number of para-hydroxylation sites is 1. The van der Waals surface area contributed by atoms with E-state index < -0.39 is 10.0 Å². The number of nitrogens with one attached hydrogen (secondary N) is 1. The molecule has 192 valence electrons. The predicted molar refractivity (Wildman–Crippen MR) is 137 cm³/mol. The summed E-state index contributed by atoms with van der Waals surface area (Å²) in [5.74, 6) is 1.44. The zero-order chi connectivity index (χ0) is 25.1. The van der Waals surface area contributed by atoms with Crippen LogP contribution in [0.4, 0.5) is 0 Å². The van der Waals surface area contributed by atoms with Gasteiger partial charge in [-0.05, 0) is 73.9 Å². The average molecular weight is 503 g/mol. The first-order valence-corrected chi connectivity index (χ1v) is 14.0. The molecule has 0 saturated carbocycles. The number of benzene rings is 2. The lowest BCUT2D eigenvalue weighted by Crippen LogP contribution is -2.35. The molecule has 0 bridgehead atoms. The molecule has 0 atom stereocenters. The molecule has 0 aliphatic carbocycles. The minimum absolute atomic E-state index is 0.0631. The van der Waals surface area contributed by atoms with Gasteiger partial charge in [0.2, 0.25) is 15.9 Å². The average Bonchev–Trinajstić information content (AvgIpc) is 2.89. The van der Waals surface area contributed by atoms with Crippen LogP contribution in [0, 0.1) is 0 Å². The number of piperidine rings is 1. The lowest BCUT2D eigenvalue weighted by Gasteiger charge is -2.26. The summed E-state index contributed by atoms with van der Waals surface area (Å²) in [5.41, 5.74) is 1.87. The fourth-order valence-electron chi connectivity index (χ4n) is 4.27. The second kappa shape index (κ2) is 13.5. The number of methoxy groups -OCH3 is 1. The molecule has 3 rings (SSSR count). The van der Waals surface area contributed by atoms with Gasteiger partial charge in [0.1, 0.15) is 11.5 Å². The maximum atomic E-state index is 13.0. The van der Waals surface area contributed by atoms with Gasteiger partial charge >= 0.3 is 0 Å². The minimum atomic E-state index is -3.53. The maximum absolute atomic E-state index is 13.0. The summed E-state index contributed by atoms with van der Waals surface area (Å²) in [4.78, 5) is 12.7. The van der Waals surface area contributed by atoms with E-state index >= 15 is 0 Å². The highest BCUT2D eigenvalue weighted by molar-refractivity contribution is 7.89. The van der Waals surface area contributed by atoms with Gasteiger partial charge in [-0.15, -0.1) is 0 Å². The van der Waals surface area contributed by atoms with Crippen LogP contribution < -0.4 is 14.8 Å². The van der Waals surface area contributed by atoms with Crippen molar-refractivity contribution in [3.63, 3.8) is 0 Å². The van der Waals surface area contributed by atoms with Crippen LogP contribution in [0.1, 0.15) is 56.6 Å². The first kappa shape index (κ1) is 27.0. The van der Waals surface area contributed by atoms with Crippen LogP contribution in [0.15, 0.2) is 47.4 Å². The van der Waals surface area contributed by atoms with E-state index in [1.165, 1.54) is 0 Å². The SMILES string of the molecule is CCCOc1ccccc1CCCNC(=O)CCc1cc(S(=O)(=O)N2CCCCC2)ccc1OC. The van der Waals surface area contributed by atoms with E-state index in [2.05, 4.69) is 18.3 Å². The molecule has 7 nitrogen and oxygen atoms in total. The van der Waals surface area contributed by atoms with Gasteiger partial charge in [0.05, 0.1) is 18.6 Å². The molecule has 0 aromatic heterocycles. The first-order valence-electron chi connectivity index (χ1n) is 12.6. The number of ether oxygens (including phenoxy) is 2. The van der Waals surface area contributed by atoms with Crippen LogP contribution in [0.25, 0.3) is 0 Å². The lowest BCUT2D eigenvalue weighted by molar-refractivity contribution is -0.121. The monoisotopic (exact) mass is 502 g/mol. The van der Waals surface area contributed by atoms with Crippen LogP contribution >= 0.6 is 0 Å². The van der Waals surface area contributed by atoms with E-state index in [1.807, 2.05) is 18.2 Å². The zero-order valence-electron chi connectivity index (χ0n) is 20.9.